The minimum absolute atomic E-state index is 0.529. The summed E-state index contributed by atoms with van der Waals surface area (Å²) in [7, 11) is 0. The molecule has 0 atom stereocenters. The number of anilines is 1. The first-order chi connectivity index (χ1) is 9.86. The highest BCUT2D eigenvalue weighted by Gasteiger charge is 2.31. The molecule has 21 heavy (non-hydrogen) atoms. The number of fused-ring (bicyclic) bond motifs is 1. The molecule has 0 amide bonds. The summed E-state index contributed by atoms with van der Waals surface area (Å²) in [6.07, 6.45) is -0.509. The van der Waals surface area contributed by atoms with Crippen LogP contribution in [0.25, 0.3) is 0 Å². The number of halogens is 4. The predicted octanol–water partition coefficient (Wildman–Crippen LogP) is 4.37. The van der Waals surface area contributed by atoms with Crippen molar-refractivity contribution in [2.24, 2.45) is 0 Å². The first-order valence-electron chi connectivity index (χ1n) is 6.36. The van der Waals surface area contributed by atoms with Crippen LogP contribution in [0.2, 0.25) is 0 Å². The first-order valence-corrected chi connectivity index (χ1v) is 6.73. The van der Waals surface area contributed by atoms with E-state index in [0.29, 0.717) is 17.3 Å². The molecule has 0 aliphatic carbocycles. The summed E-state index contributed by atoms with van der Waals surface area (Å²) in [5.41, 5.74) is 2.66. The average molecular weight is 313 g/mol. The summed E-state index contributed by atoms with van der Waals surface area (Å²) in [5.74, 6) is 0. The van der Waals surface area contributed by atoms with E-state index >= 15 is 0 Å². The van der Waals surface area contributed by atoms with Gasteiger partial charge in [0.2, 0.25) is 0 Å². The summed E-state index contributed by atoms with van der Waals surface area (Å²) in [6, 6.07) is 5.05. The fraction of sp³-hybridized carbons (Fsp3) is 0.200. The molecule has 0 radical (unpaired) electrons. The summed E-state index contributed by atoms with van der Waals surface area (Å²) in [5, 5.41) is 3.81. The van der Waals surface area contributed by atoms with E-state index in [0.717, 1.165) is 29.1 Å². The van der Waals surface area contributed by atoms with Crippen molar-refractivity contribution in [3.63, 3.8) is 0 Å². The standard InChI is InChI=1S/C15H12ClF3N2/c1-9-6-13-14(12(16)7-20-13)21(8-9)11-4-2-10(3-5-11)15(17,18)19/h2-6,8,20H,7H2,1H3. The molecular formula is C15H12ClF3N2. The lowest BCUT2D eigenvalue weighted by molar-refractivity contribution is -0.137. The van der Waals surface area contributed by atoms with Crippen LogP contribution in [0.5, 0.6) is 0 Å². The van der Waals surface area contributed by atoms with Crippen molar-refractivity contribution in [2.45, 2.75) is 13.1 Å². The molecule has 0 fully saturated rings. The number of nitrogens with one attached hydrogen (secondary N) is 1. The van der Waals surface area contributed by atoms with Crippen molar-refractivity contribution in [3.8, 4) is 0 Å². The van der Waals surface area contributed by atoms with E-state index in [1.807, 2.05) is 24.1 Å². The summed E-state index contributed by atoms with van der Waals surface area (Å²) >= 11 is 6.21. The van der Waals surface area contributed by atoms with Crippen molar-refractivity contribution >= 4 is 17.3 Å². The summed E-state index contributed by atoms with van der Waals surface area (Å²) in [4.78, 5) is 1.81. The molecule has 1 aromatic rings. The second-order valence-corrected chi connectivity index (χ2v) is 5.41. The molecule has 0 unspecified atom stereocenters. The van der Waals surface area contributed by atoms with E-state index in [2.05, 4.69) is 5.32 Å². The molecule has 110 valence electrons. The molecule has 1 aromatic carbocycles. The lowest BCUT2D eigenvalue weighted by Crippen LogP contribution is -2.22. The Hall–Kier alpha value is -1.88. The molecule has 0 saturated heterocycles. The van der Waals surface area contributed by atoms with Crippen LogP contribution in [0.15, 0.2) is 58.5 Å². The van der Waals surface area contributed by atoms with E-state index in [4.69, 9.17) is 11.6 Å². The average Bonchev–Trinajstić information content (AvgIpc) is 2.78. The van der Waals surface area contributed by atoms with E-state index in [1.54, 1.807) is 0 Å². The quantitative estimate of drug-likeness (QED) is 0.828. The molecule has 2 heterocycles. The number of hydrogen-bond acceptors (Lipinski definition) is 2. The normalized spacial score (nSPS) is 18.2. The molecule has 2 aliphatic rings. The van der Waals surface area contributed by atoms with E-state index in [1.165, 1.54) is 12.1 Å². The zero-order valence-electron chi connectivity index (χ0n) is 11.1. The molecule has 0 bridgehead atoms. The highest BCUT2D eigenvalue weighted by molar-refractivity contribution is 6.31. The second-order valence-electron chi connectivity index (χ2n) is 4.95. The van der Waals surface area contributed by atoms with Gasteiger partial charge in [-0.15, -0.1) is 0 Å². The fourth-order valence-electron chi connectivity index (χ4n) is 2.41. The zero-order valence-corrected chi connectivity index (χ0v) is 11.9. The largest absolute Gasteiger partial charge is 0.416 e. The third-order valence-corrected chi connectivity index (χ3v) is 3.68. The van der Waals surface area contributed by atoms with Crippen LogP contribution in [0.4, 0.5) is 18.9 Å². The third-order valence-electron chi connectivity index (χ3n) is 3.36. The Labute approximate surface area is 125 Å². The maximum Gasteiger partial charge on any atom is 0.416 e. The van der Waals surface area contributed by atoms with Crippen LogP contribution in [0, 0.1) is 0 Å². The zero-order chi connectivity index (χ0) is 15.2. The van der Waals surface area contributed by atoms with Crippen molar-refractivity contribution in [3.05, 3.63) is 64.1 Å². The number of benzene rings is 1. The Morgan fingerprint density at radius 3 is 2.48 bits per heavy atom. The lowest BCUT2D eigenvalue weighted by Gasteiger charge is -2.27. The number of hydrogen-bond donors (Lipinski definition) is 1. The van der Waals surface area contributed by atoms with Gasteiger partial charge in [-0.3, -0.25) is 0 Å². The van der Waals surface area contributed by atoms with Crippen LogP contribution in [-0.4, -0.2) is 6.54 Å². The molecule has 2 nitrogen and oxygen atoms in total. The number of nitrogens with zero attached hydrogens (tertiary/aromatic N) is 1. The van der Waals surface area contributed by atoms with Crippen LogP contribution in [0.1, 0.15) is 12.5 Å². The Morgan fingerprint density at radius 1 is 1.19 bits per heavy atom. The van der Waals surface area contributed by atoms with Gasteiger partial charge in [0.15, 0.2) is 0 Å². The topological polar surface area (TPSA) is 15.3 Å². The second kappa shape index (κ2) is 4.84. The van der Waals surface area contributed by atoms with Crippen LogP contribution < -0.4 is 10.2 Å². The van der Waals surface area contributed by atoms with E-state index in [-0.39, 0.29) is 0 Å². The minimum Gasteiger partial charge on any atom is -0.378 e. The maximum absolute atomic E-state index is 12.6. The van der Waals surface area contributed by atoms with Crippen LogP contribution in [0.3, 0.4) is 0 Å². The SMILES string of the molecule is CC1=CN(c2ccc(C(F)(F)F)cc2)C2=C(Cl)CNC2=C1. The first kappa shape index (κ1) is 14.1. The number of rotatable bonds is 1. The van der Waals surface area contributed by atoms with Gasteiger partial charge >= 0.3 is 6.18 Å². The summed E-state index contributed by atoms with van der Waals surface area (Å²) < 4.78 is 37.9. The van der Waals surface area contributed by atoms with Crippen molar-refractivity contribution in [2.75, 3.05) is 11.4 Å². The molecule has 0 aromatic heterocycles. The Balaban J connectivity index is 2.00. The summed E-state index contributed by atoms with van der Waals surface area (Å²) in [6.45, 7) is 2.45. The molecule has 0 saturated carbocycles. The molecule has 0 spiro atoms. The molecule has 1 N–H and O–H groups in total. The lowest BCUT2D eigenvalue weighted by atomic mass is 10.1. The monoisotopic (exact) mass is 312 g/mol. The van der Waals surface area contributed by atoms with Crippen molar-refractivity contribution < 1.29 is 13.2 Å². The van der Waals surface area contributed by atoms with Gasteiger partial charge in [-0.25, -0.2) is 0 Å². The highest BCUT2D eigenvalue weighted by Crippen LogP contribution is 2.36. The minimum atomic E-state index is -4.33. The van der Waals surface area contributed by atoms with Gasteiger partial charge in [0.25, 0.3) is 0 Å². The van der Waals surface area contributed by atoms with Crippen molar-refractivity contribution in [1.82, 2.24) is 5.32 Å². The third kappa shape index (κ3) is 2.53. The van der Waals surface area contributed by atoms with E-state index < -0.39 is 11.7 Å². The Morgan fingerprint density at radius 2 is 1.86 bits per heavy atom. The van der Waals surface area contributed by atoms with Gasteiger partial charge in [0, 0.05) is 11.9 Å². The molecule has 2 aliphatic heterocycles. The predicted molar refractivity (Wildman–Crippen MR) is 76.6 cm³/mol. The molecular weight excluding hydrogens is 301 g/mol. The Kier molecular flexibility index (Phi) is 3.24. The maximum atomic E-state index is 12.6. The Bertz CT molecular complexity index is 669. The number of allylic oxidation sites excluding steroid dienone is 2. The highest BCUT2D eigenvalue weighted by atomic mass is 35.5. The van der Waals surface area contributed by atoms with Gasteiger partial charge in [0.05, 0.1) is 28.5 Å². The van der Waals surface area contributed by atoms with Gasteiger partial charge in [-0.1, -0.05) is 11.6 Å². The smallest absolute Gasteiger partial charge is 0.378 e. The van der Waals surface area contributed by atoms with Crippen LogP contribution in [-0.2, 0) is 6.18 Å². The van der Waals surface area contributed by atoms with Crippen molar-refractivity contribution in [1.29, 1.82) is 0 Å². The van der Waals surface area contributed by atoms with Gasteiger partial charge in [0.1, 0.15) is 0 Å². The van der Waals surface area contributed by atoms with Gasteiger partial charge < -0.3 is 10.2 Å². The van der Waals surface area contributed by atoms with Gasteiger partial charge in [-0.05, 0) is 42.8 Å². The number of alkyl halides is 3. The fourth-order valence-corrected chi connectivity index (χ4v) is 2.67. The molecule has 3 rings (SSSR count). The van der Waals surface area contributed by atoms with E-state index in [9.17, 15) is 13.2 Å². The van der Waals surface area contributed by atoms with Gasteiger partial charge in [-0.2, -0.15) is 13.2 Å². The van der Waals surface area contributed by atoms with Crippen LogP contribution >= 0.6 is 11.6 Å². The molecule has 6 heteroatoms.